The Kier molecular flexibility index (Phi) is 6.33. The Labute approximate surface area is 204 Å². The monoisotopic (exact) mass is 491 g/mol. The van der Waals surface area contributed by atoms with Crippen molar-refractivity contribution in [3.63, 3.8) is 0 Å². The van der Waals surface area contributed by atoms with Gasteiger partial charge in [-0.25, -0.2) is 13.8 Å². The van der Waals surface area contributed by atoms with E-state index in [0.717, 1.165) is 22.5 Å². The van der Waals surface area contributed by atoms with Gasteiger partial charge in [0.2, 0.25) is 11.8 Å². The van der Waals surface area contributed by atoms with Crippen molar-refractivity contribution in [3.8, 4) is 11.5 Å². The van der Waals surface area contributed by atoms with Crippen LogP contribution in [0.5, 0.6) is 0 Å². The summed E-state index contributed by atoms with van der Waals surface area (Å²) in [5.41, 5.74) is 2.86. The second-order valence-corrected chi connectivity index (χ2v) is 8.65. The van der Waals surface area contributed by atoms with Gasteiger partial charge in [0, 0.05) is 40.2 Å². The lowest BCUT2D eigenvalue weighted by Gasteiger charge is -2.17. The van der Waals surface area contributed by atoms with E-state index in [-0.39, 0.29) is 18.7 Å². The summed E-state index contributed by atoms with van der Waals surface area (Å²) >= 11 is 5.96. The molecule has 2 aromatic heterocycles. The fourth-order valence-corrected chi connectivity index (χ4v) is 4.18. The molecule has 176 valence electrons. The van der Waals surface area contributed by atoms with E-state index in [2.05, 4.69) is 15.3 Å². The number of rotatable bonds is 7. The Morgan fingerprint density at radius 2 is 1.80 bits per heavy atom. The number of H-pyrrole nitrogens is 1. The van der Waals surface area contributed by atoms with Crippen LogP contribution in [0.3, 0.4) is 0 Å². The largest absolute Gasteiger partial charge is 0.439 e. The van der Waals surface area contributed by atoms with Gasteiger partial charge in [0.25, 0.3) is 0 Å². The molecule has 0 saturated heterocycles. The third-order valence-electron chi connectivity index (χ3n) is 5.68. The molecule has 0 aliphatic carbocycles. The van der Waals surface area contributed by atoms with Crippen LogP contribution in [0.15, 0.2) is 83.5 Å². The van der Waals surface area contributed by atoms with Gasteiger partial charge in [-0.2, -0.15) is 0 Å². The van der Waals surface area contributed by atoms with Gasteiger partial charge < -0.3 is 14.7 Å². The predicted octanol–water partition coefficient (Wildman–Crippen LogP) is 6.40. The van der Waals surface area contributed by atoms with Crippen LogP contribution in [0.4, 0.5) is 8.78 Å². The molecule has 5 aromatic rings. The summed E-state index contributed by atoms with van der Waals surface area (Å²) < 4.78 is 33.6. The van der Waals surface area contributed by atoms with E-state index in [0.29, 0.717) is 27.8 Å². The van der Waals surface area contributed by atoms with Crippen LogP contribution in [0.2, 0.25) is 5.02 Å². The minimum Gasteiger partial charge on any atom is -0.439 e. The average molecular weight is 492 g/mol. The highest BCUT2D eigenvalue weighted by Crippen LogP contribution is 2.27. The summed E-state index contributed by atoms with van der Waals surface area (Å²) in [5.74, 6) is -0.933. The molecule has 1 atom stereocenters. The zero-order valence-corrected chi connectivity index (χ0v) is 19.2. The first-order chi connectivity index (χ1) is 16.9. The summed E-state index contributed by atoms with van der Waals surface area (Å²) in [6, 6.07) is 17.3. The number of benzene rings is 3. The molecule has 0 bridgehead atoms. The van der Waals surface area contributed by atoms with E-state index in [1.165, 1.54) is 18.3 Å². The molecule has 35 heavy (non-hydrogen) atoms. The van der Waals surface area contributed by atoms with Crippen LogP contribution < -0.4 is 5.32 Å². The molecule has 0 aliphatic heterocycles. The van der Waals surface area contributed by atoms with Crippen molar-refractivity contribution >= 4 is 28.4 Å². The molecule has 5 rings (SSSR count). The number of carbonyl (C=O) groups is 1. The highest BCUT2D eigenvalue weighted by Gasteiger charge is 2.22. The Morgan fingerprint density at radius 3 is 2.57 bits per heavy atom. The van der Waals surface area contributed by atoms with Crippen LogP contribution >= 0.6 is 11.6 Å². The van der Waals surface area contributed by atoms with E-state index >= 15 is 0 Å². The van der Waals surface area contributed by atoms with Crippen LogP contribution in [0.1, 0.15) is 22.9 Å². The van der Waals surface area contributed by atoms with Crippen molar-refractivity contribution in [2.45, 2.75) is 18.9 Å². The first-order valence-corrected chi connectivity index (χ1v) is 11.3. The maximum Gasteiger partial charge on any atom is 0.226 e. The van der Waals surface area contributed by atoms with E-state index < -0.39 is 17.7 Å². The number of nitrogens with one attached hydrogen (secondary N) is 2. The van der Waals surface area contributed by atoms with Crippen molar-refractivity contribution in [1.29, 1.82) is 0 Å². The molecule has 0 fully saturated rings. The lowest BCUT2D eigenvalue weighted by molar-refractivity contribution is -0.121. The molecule has 1 unspecified atom stereocenters. The normalized spacial score (nSPS) is 12.1. The van der Waals surface area contributed by atoms with Gasteiger partial charge in [0.15, 0.2) is 0 Å². The van der Waals surface area contributed by atoms with Gasteiger partial charge in [-0.05, 0) is 53.6 Å². The Balaban J connectivity index is 1.41. The zero-order chi connectivity index (χ0) is 24.4. The molecule has 0 spiro atoms. The van der Waals surface area contributed by atoms with Crippen molar-refractivity contribution in [2.75, 3.05) is 0 Å². The number of carbonyl (C=O) groups excluding carboxylic acids is 1. The van der Waals surface area contributed by atoms with Gasteiger partial charge in [-0.15, -0.1) is 0 Å². The number of fused-ring (bicyclic) bond motifs is 1. The second-order valence-electron chi connectivity index (χ2n) is 8.21. The van der Waals surface area contributed by atoms with Crippen molar-refractivity contribution in [2.24, 2.45) is 0 Å². The van der Waals surface area contributed by atoms with Crippen LogP contribution in [-0.2, 0) is 17.6 Å². The summed E-state index contributed by atoms with van der Waals surface area (Å²) in [7, 11) is 0. The molecule has 0 aliphatic rings. The second kappa shape index (κ2) is 9.72. The minimum atomic E-state index is -0.692. The first kappa shape index (κ1) is 22.8. The SMILES string of the molecule is O=C(Cc1c[nH]c2ccccc12)NC(Cc1cc(F)cc(F)c1)c1cnc(-c2ccc(Cl)cc2)o1. The number of halogens is 3. The first-order valence-electron chi connectivity index (χ1n) is 11.0. The highest BCUT2D eigenvalue weighted by molar-refractivity contribution is 6.30. The van der Waals surface area contributed by atoms with Gasteiger partial charge in [-0.3, -0.25) is 4.79 Å². The minimum absolute atomic E-state index is 0.115. The number of oxazole rings is 1. The van der Waals surface area contributed by atoms with Crippen LogP contribution in [-0.4, -0.2) is 15.9 Å². The van der Waals surface area contributed by atoms with E-state index in [4.69, 9.17) is 16.0 Å². The number of aromatic amines is 1. The Hall–Kier alpha value is -3.97. The molecule has 3 aromatic carbocycles. The zero-order valence-electron chi connectivity index (χ0n) is 18.4. The average Bonchev–Trinajstić information content (AvgIpc) is 3.47. The highest BCUT2D eigenvalue weighted by atomic mass is 35.5. The van der Waals surface area contributed by atoms with Crippen LogP contribution in [0.25, 0.3) is 22.4 Å². The lowest BCUT2D eigenvalue weighted by atomic mass is 10.0. The standard InChI is InChI=1S/C27H20ClF2N3O2/c28-19-7-5-17(6-8-19)27-32-15-25(35-27)24(11-16-9-20(29)13-21(30)10-16)33-26(34)12-18-14-31-23-4-2-1-3-22(18)23/h1-10,13-15,24,31H,11-12H2,(H,33,34). The topological polar surface area (TPSA) is 70.9 Å². The van der Waals surface area contributed by atoms with E-state index in [1.807, 2.05) is 24.3 Å². The molecule has 0 radical (unpaired) electrons. The van der Waals surface area contributed by atoms with Gasteiger partial charge in [-0.1, -0.05) is 29.8 Å². The summed E-state index contributed by atoms with van der Waals surface area (Å²) in [5, 5.41) is 4.48. The predicted molar refractivity (Wildman–Crippen MR) is 130 cm³/mol. The molecular formula is C27H20ClF2N3O2. The molecule has 2 heterocycles. The molecule has 2 N–H and O–H groups in total. The maximum absolute atomic E-state index is 13.8. The number of amides is 1. The molecule has 5 nitrogen and oxygen atoms in total. The van der Waals surface area contributed by atoms with Crippen LogP contribution in [0, 0.1) is 11.6 Å². The molecular weight excluding hydrogens is 472 g/mol. The van der Waals surface area contributed by atoms with Gasteiger partial charge >= 0.3 is 0 Å². The third kappa shape index (κ3) is 5.25. The number of aromatic nitrogens is 2. The number of nitrogens with zero attached hydrogens (tertiary/aromatic N) is 1. The van der Waals surface area contributed by atoms with Crippen molar-refractivity contribution in [1.82, 2.24) is 15.3 Å². The fourth-order valence-electron chi connectivity index (χ4n) is 4.06. The van der Waals surface area contributed by atoms with E-state index in [9.17, 15) is 13.6 Å². The number of para-hydroxylation sites is 1. The molecule has 8 heteroatoms. The summed E-state index contributed by atoms with van der Waals surface area (Å²) in [4.78, 5) is 20.5. The maximum atomic E-state index is 13.8. The van der Waals surface area contributed by atoms with E-state index in [1.54, 1.807) is 30.5 Å². The Morgan fingerprint density at radius 1 is 1.06 bits per heavy atom. The summed E-state index contributed by atoms with van der Waals surface area (Å²) in [6.07, 6.45) is 3.55. The lowest BCUT2D eigenvalue weighted by Crippen LogP contribution is -2.31. The fraction of sp³-hybridized carbons (Fsp3) is 0.111. The molecule has 0 saturated carbocycles. The third-order valence-corrected chi connectivity index (χ3v) is 5.93. The van der Waals surface area contributed by atoms with Crippen molar-refractivity contribution < 1.29 is 18.0 Å². The number of hydrogen-bond acceptors (Lipinski definition) is 3. The smallest absolute Gasteiger partial charge is 0.226 e. The number of hydrogen-bond donors (Lipinski definition) is 2. The Bertz CT molecular complexity index is 1470. The molecule has 1 amide bonds. The quantitative estimate of drug-likeness (QED) is 0.277. The van der Waals surface area contributed by atoms with Crippen molar-refractivity contribution in [3.05, 3.63) is 113 Å². The van der Waals surface area contributed by atoms with Gasteiger partial charge in [0.05, 0.1) is 18.7 Å². The van der Waals surface area contributed by atoms with Gasteiger partial charge in [0.1, 0.15) is 17.4 Å². The summed E-state index contributed by atoms with van der Waals surface area (Å²) in [6.45, 7) is 0.